The summed E-state index contributed by atoms with van der Waals surface area (Å²) in [6, 6.07) is 5.66. The van der Waals surface area contributed by atoms with Crippen LogP contribution in [0, 0.1) is 0 Å². The second-order valence-electron chi connectivity index (χ2n) is 4.58. The average molecular weight is 369 g/mol. The maximum atomic E-state index is 11.9. The normalized spacial score (nSPS) is 12.1. The number of rotatable bonds is 8. The predicted molar refractivity (Wildman–Crippen MR) is 84.0 cm³/mol. The fraction of sp³-hybridized carbons (Fsp3) is 0.417. The Morgan fingerprint density at radius 1 is 1.09 bits per heavy atom. The Balaban J connectivity index is 2.37. The van der Waals surface area contributed by atoms with Crippen LogP contribution in [0.2, 0.25) is 5.02 Å². The van der Waals surface area contributed by atoms with Gasteiger partial charge in [-0.2, -0.15) is 0 Å². The van der Waals surface area contributed by atoms with E-state index in [-0.39, 0.29) is 30.2 Å². The fourth-order valence-electron chi connectivity index (χ4n) is 1.45. The minimum absolute atomic E-state index is 0.00439. The summed E-state index contributed by atoms with van der Waals surface area (Å²) in [6.45, 7) is 0.0605. The van der Waals surface area contributed by atoms with E-state index in [1.807, 2.05) is 0 Å². The van der Waals surface area contributed by atoms with Gasteiger partial charge in [0.1, 0.15) is 9.84 Å². The number of sulfone groups is 1. The molecule has 0 atom stereocenters. The molecule has 0 heterocycles. The summed E-state index contributed by atoms with van der Waals surface area (Å²) in [4.78, 5) is 11.4. The fourth-order valence-corrected chi connectivity index (χ4v) is 3.16. The van der Waals surface area contributed by atoms with Crippen LogP contribution >= 0.6 is 11.6 Å². The molecule has 0 aliphatic heterocycles. The zero-order valence-electron chi connectivity index (χ0n) is 11.9. The van der Waals surface area contributed by atoms with Crippen LogP contribution in [-0.4, -0.2) is 47.8 Å². The molecule has 0 spiro atoms. The van der Waals surface area contributed by atoms with Gasteiger partial charge in [0, 0.05) is 30.8 Å². The van der Waals surface area contributed by atoms with Crippen LogP contribution in [0.5, 0.6) is 0 Å². The van der Waals surface area contributed by atoms with E-state index in [1.54, 1.807) is 0 Å². The Morgan fingerprint density at radius 3 is 2.23 bits per heavy atom. The minimum Gasteiger partial charge on any atom is -0.355 e. The van der Waals surface area contributed by atoms with Crippen molar-refractivity contribution in [2.24, 2.45) is 0 Å². The highest BCUT2D eigenvalue weighted by Crippen LogP contribution is 2.13. The van der Waals surface area contributed by atoms with Gasteiger partial charge in [-0.15, -0.1) is 0 Å². The summed E-state index contributed by atoms with van der Waals surface area (Å²) in [5.41, 5.74) is 0. The highest BCUT2D eigenvalue weighted by molar-refractivity contribution is 7.90. The van der Waals surface area contributed by atoms with Gasteiger partial charge in [0.15, 0.2) is 0 Å². The summed E-state index contributed by atoms with van der Waals surface area (Å²) in [5, 5.41) is 2.86. The maximum absolute atomic E-state index is 11.9. The number of amides is 1. The van der Waals surface area contributed by atoms with E-state index in [1.165, 1.54) is 24.3 Å². The van der Waals surface area contributed by atoms with E-state index in [0.29, 0.717) is 5.02 Å². The molecular formula is C12H17ClN2O5S2. The molecule has 0 unspecified atom stereocenters. The van der Waals surface area contributed by atoms with Gasteiger partial charge in [-0.1, -0.05) is 11.6 Å². The third-order valence-corrected chi connectivity index (χ3v) is 5.24. The number of halogens is 1. The van der Waals surface area contributed by atoms with Gasteiger partial charge >= 0.3 is 0 Å². The Bertz CT molecular complexity index is 714. The highest BCUT2D eigenvalue weighted by atomic mass is 35.5. The molecule has 0 aliphatic carbocycles. The van der Waals surface area contributed by atoms with E-state index in [9.17, 15) is 21.6 Å². The van der Waals surface area contributed by atoms with Crippen molar-refractivity contribution in [2.45, 2.75) is 11.3 Å². The molecule has 0 aliphatic rings. The van der Waals surface area contributed by atoms with Crippen LogP contribution in [0.25, 0.3) is 0 Å². The Morgan fingerprint density at radius 2 is 1.68 bits per heavy atom. The van der Waals surface area contributed by atoms with Crippen molar-refractivity contribution < 1.29 is 21.6 Å². The lowest BCUT2D eigenvalue weighted by Gasteiger charge is -2.08. The number of carbonyl (C=O) groups is 1. The first kappa shape index (κ1) is 18.9. The molecule has 0 saturated carbocycles. The number of nitrogens with one attached hydrogen (secondary N) is 2. The van der Waals surface area contributed by atoms with Crippen molar-refractivity contribution in [1.82, 2.24) is 10.0 Å². The molecule has 7 nitrogen and oxygen atoms in total. The quantitative estimate of drug-likeness (QED) is 0.635. The van der Waals surface area contributed by atoms with Crippen LogP contribution in [0.4, 0.5) is 0 Å². The topological polar surface area (TPSA) is 109 Å². The first-order valence-electron chi connectivity index (χ1n) is 6.30. The molecule has 0 saturated heterocycles. The SMILES string of the molecule is CS(=O)(=O)CCC(=O)NCCNS(=O)(=O)c1ccc(Cl)cc1. The van der Waals surface area contributed by atoms with Crippen LogP contribution in [-0.2, 0) is 24.7 Å². The summed E-state index contributed by atoms with van der Waals surface area (Å²) >= 11 is 5.68. The van der Waals surface area contributed by atoms with E-state index in [2.05, 4.69) is 10.0 Å². The van der Waals surface area contributed by atoms with E-state index in [0.717, 1.165) is 6.26 Å². The Kier molecular flexibility index (Phi) is 6.79. The van der Waals surface area contributed by atoms with Gasteiger partial charge in [-0.3, -0.25) is 4.79 Å². The molecule has 0 aromatic heterocycles. The van der Waals surface area contributed by atoms with Gasteiger partial charge in [-0.25, -0.2) is 21.6 Å². The van der Waals surface area contributed by atoms with Crippen molar-refractivity contribution in [1.29, 1.82) is 0 Å². The summed E-state index contributed by atoms with van der Waals surface area (Å²) in [7, 11) is -6.86. The summed E-state index contributed by atoms with van der Waals surface area (Å²) < 4.78 is 47.9. The molecule has 1 amide bonds. The molecule has 1 aromatic carbocycles. The smallest absolute Gasteiger partial charge is 0.240 e. The molecule has 10 heteroatoms. The van der Waals surface area contributed by atoms with Gasteiger partial charge < -0.3 is 5.32 Å². The standard InChI is InChI=1S/C12H17ClN2O5S2/c1-21(17,18)9-6-12(16)14-7-8-15-22(19,20)11-4-2-10(13)3-5-11/h2-5,15H,6-9H2,1H3,(H,14,16). The van der Waals surface area contributed by atoms with Crippen LogP contribution in [0.15, 0.2) is 29.2 Å². The van der Waals surface area contributed by atoms with Crippen LogP contribution in [0.3, 0.4) is 0 Å². The molecule has 1 rings (SSSR count). The van der Waals surface area contributed by atoms with E-state index >= 15 is 0 Å². The van der Waals surface area contributed by atoms with Crippen LogP contribution in [0.1, 0.15) is 6.42 Å². The zero-order valence-corrected chi connectivity index (χ0v) is 14.3. The lowest BCUT2D eigenvalue weighted by Crippen LogP contribution is -2.35. The van der Waals surface area contributed by atoms with Crippen molar-refractivity contribution in [3.63, 3.8) is 0 Å². The Hall–Kier alpha value is -1.16. The number of benzene rings is 1. The van der Waals surface area contributed by atoms with E-state index in [4.69, 9.17) is 11.6 Å². The molecule has 0 bridgehead atoms. The van der Waals surface area contributed by atoms with Crippen molar-refractivity contribution in [3.05, 3.63) is 29.3 Å². The van der Waals surface area contributed by atoms with E-state index < -0.39 is 25.8 Å². The monoisotopic (exact) mass is 368 g/mol. The largest absolute Gasteiger partial charge is 0.355 e. The molecule has 124 valence electrons. The van der Waals surface area contributed by atoms with Gasteiger partial charge in [0.05, 0.1) is 10.6 Å². The number of sulfonamides is 1. The molecule has 1 aromatic rings. The lowest BCUT2D eigenvalue weighted by atomic mass is 10.4. The van der Waals surface area contributed by atoms with Gasteiger partial charge in [0.25, 0.3) is 0 Å². The molecule has 0 fully saturated rings. The lowest BCUT2D eigenvalue weighted by molar-refractivity contribution is -0.120. The maximum Gasteiger partial charge on any atom is 0.240 e. The molecule has 22 heavy (non-hydrogen) atoms. The first-order chi connectivity index (χ1) is 10.1. The van der Waals surface area contributed by atoms with Gasteiger partial charge in [0.2, 0.25) is 15.9 Å². The highest BCUT2D eigenvalue weighted by Gasteiger charge is 2.13. The molecule has 2 N–H and O–H groups in total. The minimum atomic E-state index is -3.67. The number of hydrogen-bond donors (Lipinski definition) is 2. The molecule has 0 radical (unpaired) electrons. The van der Waals surface area contributed by atoms with Crippen molar-refractivity contribution in [3.8, 4) is 0 Å². The van der Waals surface area contributed by atoms with Crippen molar-refractivity contribution in [2.75, 3.05) is 25.1 Å². The third kappa shape index (κ3) is 7.21. The third-order valence-electron chi connectivity index (χ3n) is 2.56. The predicted octanol–water partition coefficient (Wildman–Crippen LogP) is 0.169. The number of carbonyl (C=O) groups excluding carboxylic acids is 1. The Labute approximate surface area is 135 Å². The molecular weight excluding hydrogens is 352 g/mol. The zero-order chi connectivity index (χ0) is 16.8. The van der Waals surface area contributed by atoms with Crippen LogP contribution < -0.4 is 10.0 Å². The second kappa shape index (κ2) is 7.91. The summed E-state index contributed by atoms with van der Waals surface area (Å²) in [6.07, 6.45) is 0.892. The first-order valence-corrected chi connectivity index (χ1v) is 10.2. The average Bonchev–Trinajstić information content (AvgIpc) is 2.41. The van der Waals surface area contributed by atoms with Gasteiger partial charge in [-0.05, 0) is 24.3 Å². The second-order valence-corrected chi connectivity index (χ2v) is 9.04. The summed E-state index contributed by atoms with van der Waals surface area (Å²) in [5.74, 6) is -0.689. The van der Waals surface area contributed by atoms with Crippen molar-refractivity contribution >= 4 is 37.4 Å². The number of hydrogen-bond acceptors (Lipinski definition) is 5.